The molecule has 0 radical (unpaired) electrons. The molecular weight excluding hydrogens is 502 g/mol. The van der Waals surface area contributed by atoms with Crippen molar-refractivity contribution < 1.29 is 31.9 Å². The Labute approximate surface area is 213 Å². The molecule has 0 amide bonds. The van der Waals surface area contributed by atoms with E-state index in [1.165, 1.54) is 26.4 Å². The maximum atomic E-state index is 13.4. The van der Waals surface area contributed by atoms with Gasteiger partial charge in [0, 0.05) is 18.3 Å². The number of fused-ring (bicyclic) bond motifs is 1. The molecule has 0 aliphatic rings. The zero-order valence-corrected chi connectivity index (χ0v) is 21.4. The summed E-state index contributed by atoms with van der Waals surface area (Å²) in [5.74, 6) is -0.340. The summed E-state index contributed by atoms with van der Waals surface area (Å²) >= 11 is 0. The summed E-state index contributed by atoms with van der Waals surface area (Å²) in [6.07, 6.45) is 4.11. The lowest BCUT2D eigenvalue weighted by Crippen LogP contribution is -2.18. The SMILES string of the molecule is CCc1ccc(OCC(=O)OC)c(S(=O)(=O)Nc2noc3cc(Cn4cc(CN)cn4)cc(OC)c23)c1. The normalized spacial score (nSPS) is 11.5. The number of nitrogens with one attached hydrogen (secondary N) is 1. The van der Waals surface area contributed by atoms with Crippen LogP contribution in [0.15, 0.2) is 52.1 Å². The molecule has 0 aliphatic carbocycles. The van der Waals surface area contributed by atoms with Crippen LogP contribution in [0.3, 0.4) is 0 Å². The maximum absolute atomic E-state index is 13.4. The van der Waals surface area contributed by atoms with Crippen molar-refractivity contribution in [3.8, 4) is 11.5 Å². The molecule has 0 bridgehead atoms. The second-order valence-corrected chi connectivity index (χ2v) is 9.71. The van der Waals surface area contributed by atoms with Gasteiger partial charge in [-0.05, 0) is 41.8 Å². The smallest absolute Gasteiger partial charge is 0.343 e. The fourth-order valence-corrected chi connectivity index (χ4v) is 4.88. The first-order valence-electron chi connectivity index (χ1n) is 11.3. The Morgan fingerprint density at radius 1 is 1.14 bits per heavy atom. The number of nitrogens with zero attached hydrogens (tertiary/aromatic N) is 3. The number of carbonyl (C=O) groups excluding carboxylic acids is 1. The highest BCUT2D eigenvalue weighted by Gasteiger charge is 2.25. The number of aromatic nitrogens is 3. The van der Waals surface area contributed by atoms with Gasteiger partial charge in [0.1, 0.15) is 21.8 Å². The predicted molar refractivity (Wildman–Crippen MR) is 134 cm³/mol. The van der Waals surface area contributed by atoms with Gasteiger partial charge in [-0.15, -0.1) is 0 Å². The van der Waals surface area contributed by atoms with Crippen LogP contribution in [0.2, 0.25) is 0 Å². The molecule has 4 rings (SSSR count). The second-order valence-electron chi connectivity index (χ2n) is 8.06. The van der Waals surface area contributed by atoms with Crippen molar-refractivity contribution in [2.45, 2.75) is 31.3 Å². The number of benzene rings is 2. The zero-order chi connectivity index (χ0) is 26.6. The molecule has 37 heavy (non-hydrogen) atoms. The van der Waals surface area contributed by atoms with E-state index in [-0.39, 0.29) is 16.5 Å². The van der Waals surface area contributed by atoms with Gasteiger partial charge >= 0.3 is 5.97 Å². The third-order valence-electron chi connectivity index (χ3n) is 5.59. The average Bonchev–Trinajstić information content (AvgIpc) is 3.53. The third-order valence-corrected chi connectivity index (χ3v) is 6.96. The van der Waals surface area contributed by atoms with Crippen LogP contribution in [0.4, 0.5) is 5.82 Å². The van der Waals surface area contributed by atoms with Crippen molar-refractivity contribution >= 4 is 32.8 Å². The van der Waals surface area contributed by atoms with E-state index >= 15 is 0 Å². The standard InChI is InChI=1S/C24H27N5O7S/c1-4-15-5-6-18(35-14-22(30)34-3)21(9-15)37(31,32)28-24-23-19(33-2)7-16(8-20(23)36-27-24)12-29-13-17(10-25)11-26-29/h5-9,11,13H,4,10,12,14,25H2,1-3H3,(H,27,28). The van der Waals surface area contributed by atoms with Gasteiger partial charge in [0.2, 0.25) is 0 Å². The zero-order valence-electron chi connectivity index (χ0n) is 20.6. The van der Waals surface area contributed by atoms with E-state index < -0.39 is 22.6 Å². The van der Waals surface area contributed by atoms with Crippen molar-refractivity contribution in [3.05, 3.63) is 59.4 Å². The minimum Gasteiger partial charge on any atom is -0.496 e. The molecule has 12 nitrogen and oxygen atoms in total. The third kappa shape index (κ3) is 5.67. The fraction of sp³-hybridized carbons (Fsp3) is 0.292. The number of methoxy groups -OCH3 is 2. The molecule has 196 valence electrons. The lowest BCUT2D eigenvalue weighted by Gasteiger charge is -2.13. The van der Waals surface area contributed by atoms with Gasteiger partial charge in [-0.1, -0.05) is 18.1 Å². The van der Waals surface area contributed by atoms with Gasteiger partial charge < -0.3 is 24.5 Å². The second kappa shape index (κ2) is 10.9. The number of rotatable bonds is 11. The van der Waals surface area contributed by atoms with Crippen molar-refractivity contribution in [2.75, 3.05) is 25.5 Å². The van der Waals surface area contributed by atoms with E-state index in [9.17, 15) is 13.2 Å². The van der Waals surface area contributed by atoms with Gasteiger partial charge in [-0.25, -0.2) is 13.2 Å². The van der Waals surface area contributed by atoms with Crippen LogP contribution in [0.1, 0.15) is 23.6 Å². The van der Waals surface area contributed by atoms with Crippen molar-refractivity contribution in [3.63, 3.8) is 0 Å². The van der Waals surface area contributed by atoms with E-state index in [0.717, 1.165) is 16.7 Å². The highest BCUT2D eigenvalue weighted by atomic mass is 32.2. The monoisotopic (exact) mass is 529 g/mol. The van der Waals surface area contributed by atoms with Crippen LogP contribution >= 0.6 is 0 Å². The molecule has 0 saturated heterocycles. The molecule has 0 fully saturated rings. The Morgan fingerprint density at radius 2 is 1.95 bits per heavy atom. The molecule has 0 atom stereocenters. The first-order valence-corrected chi connectivity index (χ1v) is 12.8. The van der Waals surface area contributed by atoms with Crippen LogP contribution < -0.4 is 19.9 Å². The summed E-state index contributed by atoms with van der Waals surface area (Å²) in [6.45, 7) is 2.24. The molecule has 13 heteroatoms. The Morgan fingerprint density at radius 3 is 2.62 bits per heavy atom. The Hall–Kier alpha value is -4.10. The number of hydrogen-bond donors (Lipinski definition) is 2. The van der Waals surface area contributed by atoms with E-state index in [0.29, 0.717) is 36.2 Å². The largest absolute Gasteiger partial charge is 0.496 e. The number of nitrogens with two attached hydrogens (primary N) is 1. The van der Waals surface area contributed by atoms with Crippen LogP contribution in [0, 0.1) is 0 Å². The molecule has 0 unspecified atom stereocenters. The number of ether oxygens (including phenoxy) is 3. The molecular formula is C24H27N5O7S. The molecule has 2 heterocycles. The molecule has 0 aliphatic heterocycles. The van der Waals surface area contributed by atoms with Crippen molar-refractivity contribution in [2.24, 2.45) is 5.73 Å². The molecule has 3 N–H and O–H groups in total. The van der Waals surface area contributed by atoms with Gasteiger partial charge in [0.25, 0.3) is 10.0 Å². The summed E-state index contributed by atoms with van der Waals surface area (Å²) in [6, 6.07) is 8.18. The lowest BCUT2D eigenvalue weighted by atomic mass is 10.1. The Bertz CT molecular complexity index is 1530. The first-order chi connectivity index (χ1) is 17.8. The number of aryl methyl sites for hydroxylation is 1. The van der Waals surface area contributed by atoms with Gasteiger partial charge in [-0.3, -0.25) is 9.40 Å². The predicted octanol–water partition coefficient (Wildman–Crippen LogP) is 2.45. The van der Waals surface area contributed by atoms with Gasteiger partial charge in [0.05, 0.1) is 27.0 Å². The van der Waals surface area contributed by atoms with E-state index in [2.05, 4.69) is 19.7 Å². The van der Waals surface area contributed by atoms with Gasteiger partial charge in [0.15, 0.2) is 18.0 Å². The summed E-state index contributed by atoms with van der Waals surface area (Å²) in [7, 11) is -1.53. The Balaban J connectivity index is 1.67. The van der Waals surface area contributed by atoms with Crippen LogP contribution in [-0.2, 0) is 39.1 Å². The molecule has 4 aromatic rings. The Kier molecular flexibility index (Phi) is 7.64. The number of esters is 1. The summed E-state index contributed by atoms with van der Waals surface area (Å²) < 4.78 is 52.0. The molecule has 0 spiro atoms. The summed E-state index contributed by atoms with van der Waals surface area (Å²) in [4.78, 5) is 11.4. The lowest BCUT2D eigenvalue weighted by molar-refractivity contribution is -0.142. The van der Waals surface area contributed by atoms with Gasteiger partial charge in [-0.2, -0.15) is 5.10 Å². The number of hydrogen-bond acceptors (Lipinski definition) is 10. The minimum absolute atomic E-state index is 0.00628. The van der Waals surface area contributed by atoms with E-state index in [1.54, 1.807) is 29.1 Å². The average molecular weight is 530 g/mol. The summed E-state index contributed by atoms with van der Waals surface area (Å²) in [5.41, 5.74) is 8.43. The van der Waals surface area contributed by atoms with Crippen molar-refractivity contribution in [1.82, 2.24) is 14.9 Å². The van der Waals surface area contributed by atoms with E-state index in [4.69, 9.17) is 19.7 Å². The minimum atomic E-state index is -4.21. The number of carbonyl (C=O) groups is 1. The molecule has 2 aromatic heterocycles. The quantitative estimate of drug-likeness (QED) is 0.276. The highest BCUT2D eigenvalue weighted by Crippen LogP contribution is 2.36. The highest BCUT2D eigenvalue weighted by molar-refractivity contribution is 7.92. The first kappa shape index (κ1) is 26.0. The van der Waals surface area contributed by atoms with E-state index in [1.807, 2.05) is 13.1 Å². The number of sulfonamides is 1. The molecule has 0 saturated carbocycles. The topological polar surface area (TPSA) is 161 Å². The maximum Gasteiger partial charge on any atom is 0.343 e. The fourth-order valence-electron chi connectivity index (χ4n) is 3.68. The van der Waals surface area contributed by atoms with Crippen LogP contribution in [-0.4, -0.2) is 50.2 Å². The van der Waals surface area contributed by atoms with Crippen molar-refractivity contribution in [1.29, 1.82) is 0 Å². The molecule has 2 aromatic carbocycles. The summed E-state index contributed by atoms with van der Waals surface area (Å²) in [5, 5.41) is 8.57. The van der Waals surface area contributed by atoms with Crippen LogP contribution in [0.25, 0.3) is 11.0 Å². The van der Waals surface area contributed by atoms with Crippen LogP contribution in [0.5, 0.6) is 11.5 Å². The number of anilines is 1.